The second-order valence-corrected chi connectivity index (χ2v) is 5.95. The summed E-state index contributed by atoms with van der Waals surface area (Å²) in [6, 6.07) is 6.53. The Kier molecular flexibility index (Phi) is 4.71. The van der Waals surface area contributed by atoms with E-state index in [0.29, 0.717) is 19.1 Å². The number of hydrogen-bond donors (Lipinski definition) is 2. The van der Waals surface area contributed by atoms with Gasteiger partial charge in [-0.15, -0.1) is 0 Å². The minimum Gasteiger partial charge on any atom is -0.338 e. The number of halogens is 1. The average molecular weight is 316 g/mol. The molecule has 0 saturated carbocycles. The highest BCUT2D eigenvalue weighted by atomic mass is 19.1. The van der Waals surface area contributed by atoms with E-state index in [1.807, 2.05) is 13.1 Å². The topological polar surface area (TPSA) is 61.0 Å². The van der Waals surface area contributed by atoms with Gasteiger partial charge < -0.3 is 10.2 Å². The molecule has 2 heterocycles. The molecule has 5 nitrogen and oxygen atoms in total. The third kappa shape index (κ3) is 3.59. The lowest BCUT2D eigenvalue weighted by Gasteiger charge is -2.32. The first-order valence-corrected chi connectivity index (χ1v) is 7.91. The van der Waals surface area contributed by atoms with Gasteiger partial charge in [0.05, 0.1) is 11.8 Å². The number of piperidine rings is 1. The fraction of sp³-hybridized carbons (Fsp3) is 0.412. The molecule has 6 heteroatoms. The Morgan fingerprint density at radius 2 is 2.13 bits per heavy atom. The number of aromatic nitrogens is 2. The van der Waals surface area contributed by atoms with Crippen molar-refractivity contribution < 1.29 is 9.18 Å². The Labute approximate surface area is 134 Å². The van der Waals surface area contributed by atoms with Crippen LogP contribution in [-0.2, 0) is 6.54 Å². The lowest BCUT2D eigenvalue weighted by Crippen LogP contribution is -2.44. The van der Waals surface area contributed by atoms with E-state index in [-0.39, 0.29) is 11.5 Å². The number of benzene rings is 1. The van der Waals surface area contributed by atoms with Gasteiger partial charge in [-0.05, 0) is 31.9 Å². The Morgan fingerprint density at radius 1 is 1.39 bits per heavy atom. The van der Waals surface area contributed by atoms with E-state index in [9.17, 15) is 9.18 Å². The molecule has 2 N–H and O–H groups in total. The van der Waals surface area contributed by atoms with Crippen LogP contribution in [0.25, 0.3) is 0 Å². The van der Waals surface area contributed by atoms with Gasteiger partial charge in [-0.2, -0.15) is 5.10 Å². The molecule has 1 aliphatic heterocycles. The van der Waals surface area contributed by atoms with Crippen LogP contribution < -0.4 is 5.32 Å². The maximum Gasteiger partial charge on any atom is 0.256 e. The highest BCUT2D eigenvalue weighted by molar-refractivity contribution is 5.94. The van der Waals surface area contributed by atoms with Crippen molar-refractivity contribution in [2.45, 2.75) is 32.4 Å². The summed E-state index contributed by atoms with van der Waals surface area (Å²) >= 11 is 0. The predicted molar refractivity (Wildman–Crippen MR) is 85.5 cm³/mol. The van der Waals surface area contributed by atoms with Crippen LogP contribution in [0.3, 0.4) is 0 Å². The lowest BCUT2D eigenvalue weighted by molar-refractivity contribution is 0.0700. The summed E-state index contributed by atoms with van der Waals surface area (Å²) in [6.07, 6.45) is 3.58. The number of hydrogen-bond acceptors (Lipinski definition) is 3. The van der Waals surface area contributed by atoms with Crippen LogP contribution in [0.5, 0.6) is 0 Å². The number of amides is 1. The molecule has 1 aliphatic rings. The third-order valence-electron chi connectivity index (χ3n) is 4.40. The quantitative estimate of drug-likeness (QED) is 0.909. The maximum atomic E-state index is 13.7. The van der Waals surface area contributed by atoms with Crippen LogP contribution in [0.15, 0.2) is 30.5 Å². The Balaban J connectivity index is 1.51. The van der Waals surface area contributed by atoms with Gasteiger partial charge in [0.15, 0.2) is 0 Å². The molecule has 122 valence electrons. The first-order valence-electron chi connectivity index (χ1n) is 7.91. The molecular weight excluding hydrogens is 295 g/mol. The summed E-state index contributed by atoms with van der Waals surface area (Å²) < 4.78 is 13.7. The zero-order valence-electron chi connectivity index (χ0n) is 13.2. The van der Waals surface area contributed by atoms with E-state index in [0.717, 1.165) is 30.6 Å². The molecule has 3 rings (SSSR count). The molecule has 1 aromatic carbocycles. The van der Waals surface area contributed by atoms with Crippen LogP contribution in [0, 0.1) is 12.7 Å². The van der Waals surface area contributed by atoms with E-state index < -0.39 is 5.82 Å². The van der Waals surface area contributed by atoms with Crippen LogP contribution >= 0.6 is 0 Å². The van der Waals surface area contributed by atoms with Gasteiger partial charge in [-0.25, -0.2) is 4.39 Å². The minimum atomic E-state index is -0.451. The molecule has 0 spiro atoms. The number of nitrogens with zero attached hydrogens (tertiary/aromatic N) is 2. The molecule has 0 atom stereocenters. The number of aromatic amines is 1. The lowest BCUT2D eigenvalue weighted by atomic mass is 10.0. The first kappa shape index (κ1) is 15.7. The molecule has 23 heavy (non-hydrogen) atoms. The number of H-pyrrole nitrogens is 1. The number of rotatable bonds is 4. The minimum absolute atomic E-state index is 0.160. The highest BCUT2D eigenvalue weighted by Crippen LogP contribution is 2.16. The standard InChI is InChI=1S/C17H21FN4O/c1-12-13(11-20-21-12)10-19-14-6-8-22(9-7-14)17(23)15-4-2-3-5-16(15)18/h2-5,11,14,19H,6-10H2,1H3,(H,20,21). The average Bonchev–Trinajstić information content (AvgIpc) is 2.98. The van der Waals surface area contributed by atoms with E-state index in [1.165, 1.54) is 6.07 Å². The summed E-state index contributed by atoms with van der Waals surface area (Å²) in [5.41, 5.74) is 2.40. The van der Waals surface area contributed by atoms with Crippen molar-refractivity contribution in [3.05, 3.63) is 53.1 Å². The van der Waals surface area contributed by atoms with Gasteiger partial charge in [0, 0.05) is 36.9 Å². The van der Waals surface area contributed by atoms with Gasteiger partial charge >= 0.3 is 0 Å². The maximum absolute atomic E-state index is 13.7. The van der Waals surface area contributed by atoms with Gasteiger partial charge in [-0.3, -0.25) is 9.89 Å². The van der Waals surface area contributed by atoms with E-state index in [2.05, 4.69) is 15.5 Å². The van der Waals surface area contributed by atoms with Gasteiger partial charge in [-0.1, -0.05) is 12.1 Å². The van der Waals surface area contributed by atoms with Crippen LogP contribution in [0.2, 0.25) is 0 Å². The number of carbonyl (C=O) groups excluding carboxylic acids is 1. The largest absolute Gasteiger partial charge is 0.338 e. The van der Waals surface area contributed by atoms with Gasteiger partial charge in [0.1, 0.15) is 5.82 Å². The molecule has 0 radical (unpaired) electrons. The summed E-state index contributed by atoms with van der Waals surface area (Å²) in [5.74, 6) is -0.666. The monoisotopic (exact) mass is 316 g/mol. The Morgan fingerprint density at radius 3 is 2.78 bits per heavy atom. The molecule has 1 amide bonds. The van der Waals surface area contributed by atoms with Crippen molar-refractivity contribution >= 4 is 5.91 Å². The molecule has 1 aromatic heterocycles. The first-order chi connectivity index (χ1) is 11.1. The highest BCUT2D eigenvalue weighted by Gasteiger charge is 2.24. The predicted octanol–water partition coefficient (Wildman–Crippen LogP) is 2.25. The summed E-state index contributed by atoms with van der Waals surface area (Å²) in [6.45, 7) is 4.07. The van der Waals surface area contributed by atoms with Gasteiger partial charge in [0.25, 0.3) is 5.91 Å². The molecule has 1 saturated heterocycles. The van der Waals surface area contributed by atoms with Crippen molar-refractivity contribution in [3.8, 4) is 0 Å². The van der Waals surface area contributed by atoms with Crippen molar-refractivity contribution in [3.63, 3.8) is 0 Å². The number of carbonyl (C=O) groups is 1. The summed E-state index contributed by atoms with van der Waals surface area (Å²) in [4.78, 5) is 14.1. The zero-order valence-corrected chi connectivity index (χ0v) is 13.2. The number of aryl methyl sites for hydroxylation is 1. The Hall–Kier alpha value is -2.21. The third-order valence-corrected chi connectivity index (χ3v) is 4.40. The Bertz CT molecular complexity index is 677. The zero-order chi connectivity index (χ0) is 16.2. The smallest absolute Gasteiger partial charge is 0.256 e. The normalized spacial score (nSPS) is 15.8. The van der Waals surface area contributed by atoms with E-state index >= 15 is 0 Å². The number of likely N-dealkylation sites (tertiary alicyclic amines) is 1. The van der Waals surface area contributed by atoms with Crippen molar-refractivity contribution in [2.75, 3.05) is 13.1 Å². The molecule has 2 aromatic rings. The van der Waals surface area contributed by atoms with Crippen molar-refractivity contribution in [2.24, 2.45) is 0 Å². The van der Waals surface area contributed by atoms with Gasteiger partial charge in [0.2, 0.25) is 0 Å². The van der Waals surface area contributed by atoms with Crippen molar-refractivity contribution in [1.29, 1.82) is 0 Å². The van der Waals surface area contributed by atoms with Crippen molar-refractivity contribution in [1.82, 2.24) is 20.4 Å². The summed E-state index contributed by atoms with van der Waals surface area (Å²) in [5, 5.41) is 10.4. The van der Waals surface area contributed by atoms with E-state index in [4.69, 9.17) is 0 Å². The fourth-order valence-corrected chi connectivity index (χ4v) is 2.90. The van der Waals surface area contributed by atoms with E-state index in [1.54, 1.807) is 23.1 Å². The summed E-state index contributed by atoms with van der Waals surface area (Å²) in [7, 11) is 0. The second-order valence-electron chi connectivity index (χ2n) is 5.95. The fourth-order valence-electron chi connectivity index (χ4n) is 2.90. The second kappa shape index (κ2) is 6.91. The molecule has 0 bridgehead atoms. The molecule has 0 aliphatic carbocycles. The molecule has 1 fully saturated rings. The SMILES string of the molecule is Cc1[nH]ncc1CNC1CCN(C(=O)c2ccccc2F)CC1. The molecular formula is C17H21FN4O. The van der Waals surface area contributed by atoms with Crippen LogP contribution in [0.4, 0.5) is 4.39 Å². The van der Waals surface area contributed by atoms with Crippen LogP contribution in [-0.4, -0.2) is 40.1 Å². The molecule has 0 unspecified atom stereocenters. The van der Waals surface area contributed by atoms with Crippen LogP contribution in [0.1, 0.15) is 34.5 Å². The number of nitrogens with one attached hydrogen (secondary N) is 2.